The number of halogens is 3. The quantitative estimate of drug-likeness (QED) is 0.725. The molecule has 0 aliphatic heterocycles. The zero-order valence-corrected chi connectivity index (χ0v) is 10.6. The molecule has 0 atom stereocenters. The second-order valence-electron chi connectivity index (χ2n) is 4.49. The molecule has 1 aromatic heterocycles. The molecule has 3 nitrogen and oxygen atoms in total. The van der Waals surface area contributed by atoms with E-state index in [1.165, 1.54) is 22.9 Å². The highest BCUT2D eigenvalue weighted by molar-refractivity contribution is 5.84. The summed E-state index contributed by atoms with van der Waals surface area (Å²) in [4.78, 5) is 0. The lowest BCUT2D eigenvalue weighted by Gasteiger charge is -2.05. The maximum atomic E-state index is 14.0. The third kappa shape index (κ3) is 2.23. The summed E-state index contributed by atoms with van der Waals surface area (Å²) in [6, 6.07) is 9.54. The average molecular weight is 287 g/mol. The predicted molar refractivity (Wildman–Crippen MR) is 69.9 cm³/mol. The molecule has 2 aromatic carbocycles. The van der Waals surface area contributed by atoms with Crippen molar-refractivity contribution in [3.63, 3.8) is 0 Å². The van der Waals surface area contributed by atoms with Crippen LogP contribution in [0.2, 0.25) is 0 Å². The molecule has 0 saturated heterocycles. The number of benzene rings is 2. The fraction of sp³-hybridized carbons (Fsp3) is 0.0667. The minimum atomic E-state index is -0.838. The molecular weight excluding hydrogens is 279 g/mol. The Balaban J connectivity index is 2.20. The zero-order chi connectivity index (χ0) is 15.0. The largest absolute Gasteiger partial charge is 0.256 e. The smallest absolute Gasteiger partial charge is 0.170 e. The standard InChI is InChI=1S/C15H8F3N3/c16-10-5-11-14(7-19)20-21(15(11)13(18)6-10)8-9-3-1-2-4-12(9)17/h1-6H,8H2. The van der Waals surface area contributed by atoms with Crippen LogP contribution in [-0.4, -0.2) is 9.78 Å². The van der Waals surface area contributed by atoms with E-state index >= 15 is 0 Å². The molecular formula is C15H8F3N3. The van der Waals surface area contributed by atoms with Gasteiger partial charge in [-0.3, -0.25) is 4.68 Å². The summed E-state index contributed by atoms with van der Waals surface area (Å²) in [5, 5.41) is 13.0. The average Bonchev–Trinajstić information content (AvgIpc) is 2.79. The first-order valence-corrected chi connectivity index (χ1v) is 6.09. The van der Waals surface area contributed by atoms with Crippen LogP contribution in [0.25, 0.3) is 10.9 Å². The fourth-order valence-corrected chi connectivity index (χ4v) is 2.22. The number of nitriles is 1. The van der Waals surface area contributed by atoms with Crippen molar-refractivity contribution in [2.45, 2.75) is 6.54 Å². The van der Waals surface area contributed by atoms with E-state index in [-0.39, 0.29) is 23.1 Å². The van der Waals surface area contributed by atoms with E-state index in [0.717, 1.165) is 6.07 Å². The van der Waals surface area contributed by atoms with Gasteiger partial charge >= 0.3 is 0 Å². The van der Waals surface area contributed by atoms with Gasteiger partial charge < -0.3 is 0 Å². The maximum Gasteiger partial charge on any atom is 0.170 e. The van der Waals surface area contributed by atoms with Gasteiger partial charge in [-0.1, -0.05) is 18.2 Å². The molecule has 0 bridgehead atoms. The van der Waals surface area contributed by atoms with Crippen LogP contribution in [0, 0.1) is 28.8 Å². The normalized spacial score (nSPS) is 10.8. The lowest BCUT2D eigenvalue weighted by Crippen LogP contribution is -2.05. The van der Waals surface area contributed by atoms with Crippen molar-refractivity contribution in [2.75, 3.05) is 0 Å². The van der Waals surface area contributed by atoms with Crippen LogP contribution in [-0.2, 0) is 6.54 Å². The molecule has 0 spiro atoms. The Morgan fingerprint density at radius 1 is 1.10 bits per heavy atom. The van der Waals surface area contributed by atoms with Crippen molar-refractivity contribution >= 4 is 10.9 Å². The van der Waals surface area contributed by atoms with Crippen LogP contribution in [0.1, 0.15) is 11.3 Å². The van der Waals surface area contributed by atoms with Crippen LogP contribution >= 0.6 is 0 Å². The highest BCUT2D eigenvalue weighted by Gasteiger charge is 2.17. The lowest BCUT2D eigenvalue weighted by molar-refractivity contribution is 0.571. The predicted octanol–water partition coefficient (Wildman–Crippen LogP) is 3.37. The summed E-state index contributed by atoms with van der Waals surface area (Å²) in [5.41, 5.74) is 0.186. The fourth-order valence-electron chi connectivity index (χ4n) is 2.22. The topological polar surface area (TPSA) is 41.6 Å². The van der Waals surface area contributed by atoms with Gasteiger partial charge in [-0.25, -0.2) is 13.2 Å². The highest BCUT2D eigenvalue weighted by Crippen LogP contribution is 2.24. The van der Waals surface area contributed by atoms with Crippen molar-refractivity contribution in [3.05, 3.63) is 65.1 Å². The molecule has 21 heavy (non-hydrogen) atoms. The van der Waals surface area contributed by atoms with Gasteiger partial charge in [0.15, 0.2) is 11.5 Å². The monoisotopic (exact) mass is 287 g/mol. The van der Waals surface area contributed by atoms with Gasteiger partial charge in [-0.15, -0.1) is 0 Å². The molecule has 0 aliphatic rings. The Labute approximate surface area is 117 Å². The van der Waals surface area contributed by atoms with Crippen molar-refractivity contribution in [2.24, 2.45) is 0 Å². The summed E-state index contributed by atoms with van der Waals surface area (Å²) in [6.45, 7) is -0.0482. The number of rotatable bonds is 2. The van der Waals surface area contributed by atoms with Gasteiger partial charge in [0, 0.05) is 17.0 Å². The first kappa shape index (κ1) is 13.2. The number of hydrogen-bond acceptors (Lipinski definition) is 2. The highest BCUT2D eigenvalue weighted by atomic mass is 19.1. The Morgan fingerprint density at radius 3 is 2.57 bits per heavy atom. The molecule has 0 aliphatic carbocycles. The van der Waals surface area contributed by atoms with Gasteiger partial charge in [-0.2, -0.15) is 10.4 Å². The van der Waals surface area contributed by atoms with Crippen LogP contribution < -0.4 is 0 Å². The summed E-state index contributed by atoms with van der Waals surface area (Å²) >= 11 is 0. The molecule has 0 N–H and O–H groups in total. The van der Waals surface area contributed by atoms with Crippen molar-refractivity contribution in [1.29, 1.82) is 5.26 Å². The van der Waals surface area contributed by atoms with E-state index in [0.29, 0.717) is 11.6 Å². The van der Waals surface area contributed by atoms with Crippen LogP contribution in [0.5, 0.6) is 0 Å². The van der Waals surface area contributed by atoms with Crippen LogP contribution in [0.4, 0.5) is 13.2 Å². The maximum absolute atomic E-state index is 14.0. The van der Waals surface area contributed by atoms with E-state index in [4.69, 9.17) is 5.26 Å². The van der Waals surface area contributed by atoms with E-state index in [1.54, 1.807) is 12.1 Å². The second kappa shape index (κ2) is 4.94. The molecule has 6 heteroatoms. The third-order valence-electron chi connectivity index (χ3n) is 3.15. The first-order valence-electron chi connectivity index (χ1n) is 6.09. The third-order valence-corrected chi connectivity index (χ3v) is 3.15. The molecule has 0 fully saturated rings. The number of hydrogen-bond donors (Lipinski definition) is 0. The summed E-state index contributed by atoms with van der Waals surface area (Å²) in [6.07, 6.45) is 0. The van der Waals surface area contributed by atoms with Crippen LogP contribution in [0.3, 0.4) is 0 Å². The molecule has 0 radical (unpaired) electrons. The molecule has 0 unspecified atom stereocenters. The molecule has 104 valence electrons. The molecule has 3 aromatic rings. The number of nitrogens with zero attached hydrogens (tertiary/aromatic N) is 3. The minimum absolute atomic E-state index is 0.0174. The summed E-state index contributed by atoms with van der Waals surface area (Å²) < 4.78 is 42.1. The van der Waals surface area contributed by atoms with Crippen molar-refractivity contribution in [1.82, 2.24) is 9.78 Å². The van der Waals surface area contributed by atoms with Crippen molar-refractivity contribution < 1.29 is 13.2 Å². The lowest BCUT2D eigenvalue weighted by atomic mass is 10.2. The summed E-state index contributed by atoms with van der Waals surface area (Å²) in [7, 11) is 0. The molecule has 1 heterocycles. The summed E-state index contributed by atoms with van der Waals surface area (Å²) in [5.74, 6) is -2.08. The Morgan fingerprint density at radius 2 is 1.86 bits per heavy atom. The minimum Gasteiger partial charge on any atom is -0.256 e. The first-order chi connectivity index (χ1) is 10.1. The van der Waals surface area contributed by atoms with Gasteiger partial charge in [0.25, 0.3) is 0 Å². The molecule has 0 saturated carbocycles. The number of aromatic nitrogens is 2. The number of fused-ring (bicyclic) bond motifs is 1. The van der Waals surface area contributed by atoms with E-state index in [9.17, 15) is 13.2 Å². The van der Waals surface area contributed by atoms with Gasteiger partial charge in [0.2, 0.25) is 0 Å². The van der Waals surface area contributed by atoms with E-state index in [1.807, 2.05) is 0 Å². The molecule has 0 amide bonds. The van der Waals surface area contributed by atoms with Crippen LogP contribution in [0.15, 0.2) is 36.4 Å². The Hall–Kier alpha value is -2.81. The van der Waals surface area contributed by atoms with Gasteiger partial charge in [0.1, 0.15) is 23.2 Å². The second-order valence-corrected chi connectivity index (χ2v) is 4.49. The zero-order valence-electron chi connectivity index (χ0n) is 10.6. The Bertz CT molecular complexity index is 878. The Kier molecular flexibility index (Phi) is 3.10. The van der Waals surface area contributed by atoms with Crippen molar-refractivity contribution in [3.8, 4) is 6.07 Å². The van der Waals surface area contributed by atoms with Gasteiger partial charge in [0.05, 0.1) is 6.54 Å². The molecule has 3 rings (SSSR count). The SMILES string of the molecule is N#Cc1nn(Cc2ccccc2F)c2c(F)cc(F)cc12. The van der Waals surface area contributed by atoms with E-state index in [2.05, 4.69) is 5.10 Å². The van der Waals surface area contributed by atoms with Gasteiger partial charge in [-0.05, 0) is 12.1 Å². The van der Waals surface area contributed by atoms with E-state index < -0.39 is 17.5 Å².